The van der Waals surface area contributed by atoms with Crippen LogP contribution >= 0.6 is 0 Å². The van der Waals surface area contributed by atoms with Gasteiger partial charge in [0.2, 0.25) is 5.60 Å². The van der Waals surface area contributed by atoms with Gasteiger partial charge >= 0.3 is 6.18 Å². The molecule has 0 saturated carbocycles. The van der Waals surface area contributed by atoms with Crippen molar-refractivity contribution in [2.75, 3.05) is 5.32 Å². The van der Waals surface area contributed by atoms with Gasteiger partial charge in [-0.3, -0.25) is 4.79 Å². The van der Waals surface area contributed by atoms with Crippen LogP contribution in [-0.2, 0) is 5.60 Å². The topological polar surface area (TPSA) is 99.8 Å². The second-order valence-corrected chi connectivity index (χ2v) is 7.92. The Morgan fingerprint density at radius 2 is 1.71 bits per heavy atom. The lowest BCUT2D eigenvalue weighted by atomic mass is 9.87. The number of nitrogens with zero attached hydrogens (tertiary/aromatic N) is 3. The molecule has 0 spiro atoms. The molecule has 2 aromatic carbocycles. The second-order valence-electron chi connectivity index (χ2n) is 7.92. The summed E-state index contributed by atoms with van der Waals surface area (Å²) in [6, 6.07) is 17.0. The maximum absolute atomic E-state index is 13.4. The van der Waals surface area contributed by atoms with Crippen molar-refractivity contribution >= 4 is 17.4 Å². The van der Waals surface area contributed by atoms with E-state index in [1.54, 1.807) is 16.6 Å². The molecule has 0 aliphatic rings. The molecule has 0 bridgehead atoms. The highest BCUT2D eigenvalue weighted by Crippen LogP contribution is 2.41. The number of aryl methyl sites for hydroxylation is 1. The predicted octanol–water partition coefficient (Wildman–Crippen LogP) is 4.09. The van der Waals surface area contributed by atoms with Crippen LogP contribution in [0.25, 0.3) is 16.9 Å². The number of fused-ring (bicyclic) bond motifs is 1. The average molecular weight is 470 g/mol. The van der Waals surface area contributed by atoms with Crippen LogP contribution in [0, 0.1) is 6.92 Å². The smallest absolute Gasteiger partial charge is 0.390 e. The standard InChI is InChI=1S/C24H21F3N4O3/c1-14-12-21-28-20(13-19(31(21)30-14)16-6-4-3-5-7-16)29-22(33)17-8-10-18(11-9-17)23(34,15(2)32)24(25,26)27/h3-13,15,32,34H,1-2H3,(H,28,29,33)/t15?,23-/m1/s1. The van der Waals surface area contributed by atoms with Crippen molar-refractivity contribution in [3.63, 3.8) is 0 Å². The summed E-state index contributed by atoms with van der Waals surface area (Å²) in [5.41, 5.74) is -1.20. The summed E-state index contributed by atoms with van der Waals surface area (Å²) in [6.45, 7) is 2.66. The molecule has 176 valence electrons. The Hall–Kier alpha value is -3.76. The van der Waals surface area contributed by atoms with E-state index in [-0.39, 0.29) is 11.4 Å². The molecule has 10 heteroatoms. The largest absolute Gasteiger partial charge is 0.424 e. The van der Waals surface area contributed by atoms with E-state index in [0.717, 1.165) is 42.4 Å². The summed E-state index contributed by atoms with van der Waals surface area (Å²) in [4.78, 5) is 17.2. The molecule has 1 amide bonds. The van der Waals surface area contributed by atoms with Gasteiger partial charge in [0.15, 0.2) is 5.65 Å². The van der Waals surface area contributed by atoms with Crippen molar-refractivity contribution in [3.05, 3.63) is 83.6 Å². The molecule has 0 radical (unpaired) electrons. The number of aromatic nitrogens is 3. The SMILES string of the molecule is Cc1cc2nc(NC(=O)c3ccc([C@](O)(C(C)O)C(F)(F)F)cc3)cc(-c3ccccc3)n2n1. The van der Waals surface area contributed by atoms with Crippen molar-refractivity contribution < 1.29 is 28.2 Å². The molecule has 0 aliphatic heterocycles. The fraction of sp³-hybridized carbons (Fsp3) is 0.208. The number of nitrogens with one attached hydrogen (secondary N) is 1. The number of amides is 1. The lowest BCUT2D eigenvalue weighted by Gasteiger charge is -2.33. The Morgan fingerprint density at radius 1 is 1.06 bits per heavy atom. The first-order chi connectivity index (χ1) is 16.0. The number of hydrogen-bond acceptors (Lipinski definition) is 5. The number of aliphatic hydroxyl groups excluding tert-OH is 1. The number of halogens is 3. The van der Waals surface area contributed by atoms with Crippen molar-refractivity contribution in [1.82, 2.24) is 14.6 Å². The van der Waals surface area contributed by atoms with E-state index in [9.17, 15) is 28.2 Å². The number of hydrogen-bond donors (Lipinski definition) is 3. The summed E-state index contributed by atoms with van der Waals surface area (Å²) in [5, 5.41) is 26.8. The molecule has 3 N–H and O–H groups in total. The lowest BCUT2D eigenvalue weighted by Crippen LogP contribution is -2.50. The van der Waals surface area contributed by atoms with Gasteiger partial charge in [-0.1, -0.05) is 42.5 Å². The molecule has 0 saturated heterocycles. The van der Waals surface area contributed by atoms with Gasteiger partial charge in [-0.15, -0.1) is 0 Å². The molecule has 0 fully saturated rings. The quantitative estimate of drug-likeness (QED) is 0.408. The molecule has 34 heavy (non-hydrogen) atoms. The Kier molecular flexibility index (Phi) is 5.88. The minimum Gasteiger partial charge on any atom is -0.390 e. The third kappa shape index (κ3) is 4.13. The normalized spacial score (nSPS) is 14.6. The monoisotopic (exact) mass is 470 g/mol. The van der Waals surface area contributed by atoms with Crippen LogP contribution in [-0.4, -0.2) is 43.0 Å². The highest BCUT2D eigenvalue weighted by Gasteiger charge is 2.58. The summed E-state index contributed by atoms with van der Waals surface area (Å²) >= 11 is 0. The van der Waals surface area contributed by atoms with Gasteiger partial charge in [0.25, 0.3) is 5.91 Å². The Balaban J connectivity index is 1.65. The van der Waals surface area contributed by atoms with E-state index in [0.29, 0.717) is 11.3 Å². The highest BCUT2D eigenvalue weighted by molar-refractivity contribution is 6.04. The van der Waals surface area contributed by atoms with Crippen LogP contribution in [0.3, 0.4) is 0 Å². The second kappa shape index (κ2) is 8.54. The van der Waals surface area contributed by atoms with Gasteiger partial charge < -0.3 is 15.5 Å². The molecule has 2 aromatic heterocycles. The summed E-state index contributed by atoms with van der Waals surface area (Å²) in [7, 11) is 0. The minimum absolute atomic E-state index is 0.0477. The zero-order valence-corrected chi connectivity index (χ0v) is 18.2. The van der Waals surface area contributed by atoms with E-state index in [1.165, 1.54) is 0 Å². The van der Waals surface area contributed by atoms with E-state index in [2.05, 4.69) is 15.4 Å². The Morgan fingerprint density at radius 3 is 2.29 bits per heavy atom. The Labute approximate surface area is 192 Å². The lowest BCUT2D eigenvalue weighted by molar-refractivity contribution is -0.295. The van der Waals surface area contributed by atoms with Gasteiger partial charge in [0, 0.05) is 23.3 Å². The van der Waals surface area contributed by atoms with Gasteiger partial charge in [-0.05, 0) is 31.5 Å². The van der Waals surface area contributed by atoms with Crippen LogP contribution < -0.4 is 5.32 Å². The third-order valence-corrected chi connectivity index (χ3v) is 5.48. The third-order valence-electron chi connectivity index (χ3n) is 5.48. The van der Waals surface area contributed by atoms with Crippen molar-refractivity contribution in [3.8, 4) is 11.3 Å². The summed E-state index contributed by atoms with van der Waals surface area (Å²) in [6.07, 6.45) is -7.22. The number of benzene rings is 2. The first-order valence-corrected chi connectivity index (χ1v) is 10.3. The maximum Gasteiger partial charge on any atom is 0.424 e. The van der Waals surface area contributed by atoms with E-state index >= 15 is 0 Å². The molecule has 4 aromatic rings. The zero-order chi connectivity index (χ0) is 24.7. The number of anilines is 1. The average Bonchev–Trinajstić information content (AvgIpc) is 3.17. The first kappa shape index (κ1) is 23.4. The minimum atomic E-state index is -5.11. The molecule has 4 rings (SSSR count). The van der Waals surface area contributed by atoms with Crippen LogP contribution in [0.4, 0.5) is 19.0 Å². The molecule has 0 aliphatic carbocycles. The van der Waals surface area contributed by atoms with Crippen LogP contribution in [0.2, 0.25) is 0 Å². The fourth-order valence-electron chi connectivity index (χ4n) is 3.67. The highest BCUT2D eigenvalue weighted by atomic mass is 19.4. The number of carbonyl (C=O) groups excluding carboxylic acids is 1. The molecule has 7 nitrogen and oxygen atoms in total. The van der Waals surface area contributed by atoms with Gasteiger partial charge in [0.1, 0.15) is 5.82 Å². The van der Waals surface area contributed by atoms with Crippen molar-refractivity contribution in [2.24, 2.45) is 0 Å². The number of rotatable bonds is 5. The zero-order valence-electron chi connectivity index (χ0n) is 18.2. The van der Waals surface area contributed by atoms with Gasteiger partial charge in [-0.25, -0.2) is 9.50 Å². The van der Waals surface area contributed by atoms with Crippen LogP contribution in [0.15, 0.2) is 66.7 Å². The Bertz CT molecular complexity index is 1340. The van der Waals surface area contributed by atoms with Crippen molar-refractivity contribution in [1.29, 1.82) is 0 Å². The van der Waals surface area contributed by atoms with Crippen LogP contribution in [0.1, 0.15) is 28.5 Å². The van der Waals surface area contributed by atoms with E-state index < -0.39 is 29.4 Å². The predicted molar refractivity (Wildman–Crippen MR) is 119 cm³/mol. The summed E-state index contributed by atoms with van der Waals surface area (Å²) < 4.78 is 41.8. The molecular formula is C24H21F3N4O3. The molecular weight excluding hydrogens is 449 g/mol. The van der Waals surface area contributed by atoms with Crippen LogP contribution in [0.5, 0.6) is 0 Å². The number of aliphatic hydroxyl groups is 2. The molecule has 1 unspecified atom stereocenters. The van der Waals surface area contributed by atoms with E-state index in [4.69, 9.17) is 0 Å². The number of alkyl halides is 3. The van der Waals surface area contributed by atoms with Gasteiger partial charge in [-0.2, -0.15) is 18.3 Å². The van der Waals surface area contributed by atoms with Gasteiger partial charge in [0.05, 0.1) is 17.5 Å². The molecule has 2 atom stereocenters. The maximum atomic E-state index is 13.4. The molecule has 2 heterocycles. The number of carbonyl (C=O) groups is 1. The fourth-order valence-corrected chi connectivity index (χ4v) is 3.67. The van der Waals surface area contributed by atoms with Crippen molar-refractivity contribution in [2.45, 2.75) is 31.7 Å². The summed E-state index contributed by atoms with van der Waals surface area (Å²) in [5.74, 6) is -0.373. The van der Waals surface area contributed by atoms with E-state index in [1.807, 2.05) is 37.3 Å². The first-order valence-electron chi connectivity index (χ1n) is 10.3.